The maximum atomic E-state index is 12.0. The van der Waals surface area contributed by atoms with Crippen LogP contribution in [-0.4, -0.2) is 50.0 Å². The zero-order valence-corrected chi connectivity index (χ0v) is 12.0. The van der Waals surface area contributed by atoms with E-state index in [0.29, 0.717) is 12.6 Å². The van der Waals surface area contributed by atoms with E-state index in [1.165, 1.54) is 0 Å². The minimum Gasteiger partial charge on any atom is -0.376 e. The molecule has 0 spiro atoms. The van der Waals surface area contributed by atoms with E-state index < -0.39 is 6.10 Å². The molecule has 2 heterocycles. The highest BCUT2D eigenvalue weighted by Crippen LogP contribution is 2.13. The van der Waals surface area contributed by atoms with Crippen LogP contribution in [0.4, 0.5) is 0 Å². The van der Waals surface area contributed by atoms with Crippen LogP contribution in [0.5, 0.6) is 0 Å². The van der Waals surface area contributed by atoms with Gasteiger partial charge in [0, 0.05) is 18.7 Å². The smallest absolute Gasteiger partial charge is 0.249 e. The molecule has 2 N–H and O–H groups in total. The molecule has 19 heavy (non-hydrogen) atoms. The van der Waals surface area contributed by atoms with Gasteiger partial charge in [0.05, 0.1) is 12.7 Å². The van der Waals surface area contributed by atoms with Gasteiger partial charge in [-0.25, -0.2) is 0 Å². The van der Waals surface area contributed by atoms with Crippen LogP contribution in [0.1, 0.15) is 39.5 Å². The van der Waals surface area contributed by atoms with Crippen molar-refractivity contribution in [3.8, 4) is 0 Å². The molecule has 0 aliphatic carbocycles. The fourth-order valence-corrected chi connectivity index (χ4v) is 2.68. The van der Waals surface area contributed by atoms with Gasteiger partial charge in [0.25, 0.3) is 0 Å². The molecule has 5 heteroatoms. The molecule has 5 nitrogen and oxygen atoms in total. The Hall–Kier alpha value is -0.650. The lowest BCUT2D eigenvalue weighted by atomic mass is 10.0. The van der Waals surface area contributed by atoms with Crippen molar-refractivity contribution in [3.05, 3.63) is 0 Å². The summed E-state index contributed by atoms with van der Waals surface area (Å²) < 4.78 is 11.1. The van der Waals surface area contributed by atoms with E-state index in [9.17, 15) is 4.79 Å². The Labute approximate surface area is 115 Å². The quantitative estimate of drug-likeness (QED) is 0.777. The largest absolute Gasteiger partial charge is 0.376 e. The molecule has 1 amide bonds. The molecule has 0 saturated carbocycles. The van der Waals surface area contributed by atoms with Crippen LogP contribution >= 0.6 is 0 Å². The van der Waals surface area contributed by atoms with Gasteiger partial charge in [0.15, 0.2) is 0 Å². The summed E-state index contributed by atoms with van der Waals surface area (Å²) in [6.07, 6.45) is 3.91. The normalized spacial score (nSPS) is 33.1. The summed E-state index contributed by atoms with van der Waals surface area (Å²) in [6.45, 7) is 6.28. The lowest BCUT2D eigenvalue weighted by molar-refractivity contribution is -0.134. The monoisotopic (exact) mass is 270 g/mol. The van der Waals surface area contributed by atoms with E-state index in [0.717, 1.165) is 38.8 Å². The molecule has 0 bridgehead atoms. The predicted molar refractivity (Wildman–Crippen MR) is 73.0 cm³/mol. The number of carbonyl (C=O) groups excluding carboxylic acids is 1. The van der Waals surface area contributed by atoms with Crippen LogP contribution in [0.3, 0.4) is 0 Å². The maximum absolute atomic E-state index is 12.0. The van der Waals surface area contributed by atoms with Crippen molar-refractivity contribution in [2.45, 2.75) is 63.8 Å². The van der Waals surface area contributed by atoms with Gasteiger partial charge >= 0.3 is 0 Å². The Morgan fingerprint density at radius 1 is 1.53 bits per heavy atom. The van der Waals surface area contributed by atoms with Crippen molar-refractivity contribution in [3.63, 3.8) is 0 Å². The third-order valence-electron chi connectivity index (χ3n) is 3.90. The van der Waals surface area contributed by atoms with E-state index >= 15 is 0 Å². The van der Waals surface area contributed by atoms with E-state index in [-0.39, 0.29) is 18.1 Å². The standard InChI is InChI=1S/C14H26N2O3/c1-10-8-12(5-6-15-10)16-14(17)11(2)19-9-13-4-3-7-18-13/h10-13,15H,3-9H2,1-2H3,(H,16,17). The van der Waals surface area contributed by atoms with Crippen molar-refractivity contribution in [2.75, 3.05) is 19.8 Å². The summed E-state index contributed by atoms with van der Waals surface area (Å²) in [6, 6.07) is 0.750. The zero-order chi connectivity index (χ0) is 13.7. The predicted octanol–water partition coefficient (Wildman–Crippen LogP) is 0.827. The molecule has 0 aromatic rings. The first-order chi connectivity index (χ1) is 9.15. The number of ether oxygens (including phenoxy) is 2. The lowest BCUT2D eigenvalue weighted by Gasteiger charge is -2.29. The highest BCUT2D eigenvalue weighted by molar-refractivity contribution is 5.80. The second kappa shape index (κ2) is 7.22. The van der Waals surface area contributed by atoms with E-state index in [1.54, 1.807) is 0 Å². The Morgan fingerprint density at radius 2 is 2.37 bits per heavy atom. The van der Waals surface area contributed by atoms with Crippen molar-refractivity contribution in [2.24, 2.45) is 0 Å². The lowest BCUT2D eigenvalue weighted by Crippen LogP contribution is -2.49. The molecule has 2 rings (SSSR count). The first kappa shape index (κ1) is 14.8. The second-order valence-electron chi connectivity index (χ2n) is 5.70. The van der Waals surface area contributed by atoms with Crippen LogP contribution in [0.25, 0.3) is 0 Å². The third kappa shape index (κ3) is 4.75. The summed E-state index contributed by atoms with van der Waals surface area (Å²) in [5.41, 5.74) is 0. The Bertz CT molecular complexity index is 292. The Kier molecular flexibility index (Phi) is 5.60. The minimum atomic E-state index is -0.394. The molecule has 0 aromatic carbocycles. The molecular weight excluding hydrogens is 244 g/mol. The molecule has 0 radical (unpaired) electrons. The molecule has 4 atom stereocenters. The topological polar surface area (TPSA) is 59.6 Å². The number of nitrogens with one attached hydrogen (secondary N) is 2. The van der Waals surface area contributed by atoms with Crippen molar-refractivity contribution in [1.29, 1.82) is 0 Å². The summed E-state index contributed by atoms with van der Waals surface area (Å²) in [4.78, 5) is 12.0. The van der Waals surface area contributed by atoms with Gasteiger partial charge in [-0.1, -0.05) is 0 Å². The van der Waals surface area contributed by atoms with Crippen molar-refractivity contribution < 1.29 is 14.3 Å². The van der Waals surface area contributed by atoms with Crippen LogP contribution < -0.4 is 10.6 Å². The average Bonchev–Trinajstić information content (AvgIpc) is 2.89. The summed E-state index contributed by atoms with van der Waals surface area (Å²) in [5.74, 6) is -0.00269. The van der Waals surface area contributed by atoms with Gasteiger partial charge in [0.1, 0.15) is 6.10 Å². The SMILES string of the molecule is CC1CC(NC(=O)C(C)OCC2CCCO2)CCN1. The number of carbonyl (C=O) groups is 1. The number of amides is 1. The van der Waals surface area contributed by atoms with E-state index in [1.807, 2.05) is 6.92 Å². The average molecular weight is 270 g/mol. The van der Waals surface area contributed by atoms with Crippen LogP contribution in [0.15, 0.2) is 0 Å². The number of hydrogen-bond acceptors (Lipinski definition) is 4. The fraction of sp³-hybridized carbons (Fsp3) is 0.929. The first-order valence-electron chi connectivity index (χ1n) is 7.42. The Balaban J connectivity index is 1.66. The van der Waals surface area contributed by atoms with Gasteiger partial charge in [-0.15, -0.1) is 0 Å². The molecule has 2 aliphatic rings. The minimum absolute atomic E-state index is 0.00269. The highest BCUT2D eigenvalue weighted by Gasteiger charge is 2.24. The zero-order valence-electron chi connectivity index (χ0n) is 12.0. The van der Waals surface area contributed by atoms with Gasteiger partial charge in [-0.3, -0.25) is 4.79 Å². The first-order valence-corrected chi connectivity index (χ1v) is 7.42. The molecule has 2 fully saturated rings. The van der Waals surface area contributed by atoms with Gasteiger partial charge in [-0.05, 0) is 46.1 Å². The van der Waals surface area contributed by atoms with Gasteiger partial charge in [-0.2, -0.15) is 0 Å². The molecule has 2 saturated heterocycles. The number of hydrogen-bond donors (Lipinski definition) is 2. The van der Waals surface area contributed by atoms with E-state index in [2.05, 4.69) is 17.6 Å². The molecule has 2 aliphatic heterocycles. The van der Waals surface area contributed by atoms with E-state index in [4.69, 9.17) is 9.47 Å². The summed E-state index contributed by atoms with van der Waals surface area (Å²) in [5, 5.41) is 6.46. The molecule has 4 unspecified atom stereocenters. The Morgan fingerprint density at radius 3 is 3.05 bits per heavy atom. The summed E-state index contributed by atoms with van der Waals surface area (Å²) in [7, 11) is 0. The van der Waals surface area contributed by atoms with Crippen LogP contribution in [-0.2, 0) is 14.3 Å². The fourth-order valence-electron chi connectivity index (χ4n) is 2.68. The number of rotatable bonds is 5. The van der Waals surface area contributed by atoms with Crippen LogP contribution in [0.2, 0.25) is 0 Å². The van der Waals surface area contributed by atoms with Crippen molar-refractivity contribution in [1.82, 2.24) is 10.6 Å². The van der Waals surface area contributed by atoms with Crippen LogP contribution in [0, 0.1) is 0 Å². The number of piperidine rings is 1. The van der Waals surface area contributed by atoms with Gasteiger partial charge < -0.3 is 20.1 Å². The second-order valence-corrected chi connectivity index (χ2v) is 5.70. The summed E-state index contributed by atoms with van der Waals surface area (Å²) >= 11 is 0. The maximum Gasteiger partial charge on any atom is 0.249 e. The highest BCUT2D eigenvalue weighted by atomic mass is 16.5. The van der Waals surface area contributed by atoms with Crippen molar-refractivity contribution >= 4 is 5.91 Å². The molecule has 110 valence electrons. The molecular formula is C14H26N2O3. The molecule has 0 aromatic heterocycles. The van der Waals surface area contributed by atoms with Gasteiger partial charge in [0.2, 0.25) is 5.91 Å². The third-order valence-corrected chi connectivity index (χ3v) is 3.90.